The molecule has 0 saturated carbocycles. The first-order valence-electron chi connectivity index (χ1n) is 7.36. The lowest BCUT2D eigenvalue weighted by Crippen LogP contribution is -2.45. The van der Waals surface area contributed by atoms with Crippen LogP contribution in [0.2, 0.25) is 0 Å². The van der Waals surface area contributed by atoms with Crippen LogP contribution in [0.15, 0.2) is 42.6 Å². The minimum Gasteiger partial charge on any atom is -0.745 e. The van der Waals surface area contributed by atoms with E-state index in [1.165, 1.54) is 12.1 Å². The van der Waals surface area contributed by atoms with Crippen molar-refractivity contribution >= 4 is 27.2 Å². The first-order chi connectivity index (χ1) is 11.2. The minimum absolute atomic E-state index is 0.00360. The Morgan fingerprint density at radius 1 is 1.29 bits per heavy atom. The van der Waals surface area contributed by atoms with Gasteiger partial charge in [0.25, 0.3) is 0 Å². The van der Waals surface area contributed by atoms with E-state index in [2.05, 4.69) is 4.98 Å². The number of hydrogen-bond donors (Lipinski definition) is 0. The zero-order chi connectivity index (χ0) is 17.5. The maximum Gasteiger partial charge on any atom is 0.222 e. The summed E-state index contributed by atoms with van der Waals surface area (Å²) in [5.74, 6) is 1.27. The van der Waals surface area contributed by atoms with Crippen LogP contribution in [0.5, 0.6) is 5.75 Å². The zero-order valence-electron chi connectivity index (χ0n) is 13.6. The molecule has 0 bridgehead atoms. The lowest BCUT2D eigenvalue weighted by molar-refractivity contribution is 0.109. The second-order valence-electron chi connectivity index (χ2n) is 6.28. The predicted molar refractivity (Wildman–Crippen MR) is 93.1 cm³/mol. The van der Waals surface area contributed by atoms with Crippen molar-refractivity contribution in [3.63, 3.8) is 0 Å². The molecule has 0 atom stereocenters. The third-order valence-electron chi connectivity index (χ3n) is 3.60. The summed E-state index contributed by atoms with van der Waals surface area (Å²) in [6.07, 6.45) is 2.55. The van der Waals surface area contributed by atoms with Crippen LogP contribution in [-0.4, -0.2) is 31.8 Å². The second kappa shape index (κ2) is 5.64. The Morgan fingerprint density at radius 3 is 2.67 bits per heavy atom. The highest BCUT2D eigenvalue weighted by molar-refractivity contribution is 7.92. The fourth-order valence-electron chi connectivity index (χ4n) is 2.62. The Labute approximate surface area is 141 Å². The molecule has 0 fully saturated rings. The molecule has 0 spiro atoms. The molecule has 2 aromatic rings. The van der Waals surface area contributed by atoms with Crippen molar-refractivity contribution in [1.82, 2.24) is 4.98 Å². The molecule has 8 heteroatoms. The number of hydrogen-bond acceptors (Lipinski definition) is 6. The number of sulfonamides is 1. The maximum absolute atomic E-state index is 12.0. The van der Waals surface area contributed by atoms with Crippen molar-refractivity contribution in [3.05, 3.63) is 47.8 Å². The number of nitrogens with zero attached hydrogens (tertiary/aromatic N) is 3. The Hall–Kier alpha value is -2.32. The smallest absolute Gasteiger partial charge is 0.222 e. The van der Waals surface area contributed by atoms with Crippen molar-refractivity contribution in [2.45, 2.75) is 19.4 Å². The Bertz CT molecular complexity index is 853. The summed E-state index contributed by atoms with van der Waals surface area (Å²) in [7, 11) is -3.88. The molecule has 0 saturated heterocycles. The Balaban J connectivity index is 2.12. The van der Waals surface area contributed by atoms with Crippen LogP contribution in [-0.2, 0) is 10.0 Å². The van der Waals surface area contributed by atoms with Gasteiger partial charge < -0.3 is 19.3 Å². The molecule has 0 aliphatic carbocycles. The van der Waals surface area contributed by atoms with Crippen LogP contribution < -0.4 is 14.1 Å². The van der Waals surface area contributed by atoms with Gasteiger partial charge in [0.05, 0.1) is 18.5 Å². The monoisotopic (exact) mass is 348 g/mol. The van der Waals surface area contributed by atoms with Crippen LogP contribution in [0.25, 0.3) is 0 Å². The molecule has 24 heavy (non-hydrogen) atoms. The topological polar surface area (TPSA) is 85.8 Å². The number of ether oxygens (including phenoxy) is 1. The van der Waals surface area contributed by atoms with Crippen LogP contribution in [0.3, 0.4) is 0 Å². The number of rotatable bonds is 3. The van der Waals surface area contributed by atoms with E-state index in [0.29, 0.717) is 23.8 Å². The minimum atomic E-state index is -3.88. The number of pyridine rings is 1. The van der Waals surface area contributed by atoms with Crippen molar-refractivity contribution in [1.29, 1.82) is 0 Å². The number of anilines is 3. The summed E-state index contributed by atoms with van der Waals surface area (Å²) < 4.78 is 29.0. The van der Waals surface area contributed by atoms with Gasteiger partial charge in [0.1, 0.15) is 17.2 Å². The van der Waals surface area contributed by atoms with Gasteiger partial charge in [-0.1, -0.05) is 6.07 Å². The quantitative estimate of drug-likeness (QED) is 0.793. The van der Waals surface area contributed by atoms with E-state index in [4.69, 9.17) is 4.74 Å². The molecular weight excluding hydrogens is 330 g/mol. The zero-order valence-corrected chi connectivity index (χ0v) is 14.4. The SMILES string of the molecule is CC1(C)CN(c2ccccn2)c2cc(N([O-])S(C)(=O)=O)ccc2O1. The molecule has 1 aliphatic heterocycles. The molecule has 0 N–H and O–H groups in total. The van der Waals surface area contributed by atoms with Gasteiger partial charge in [-0.25, -0.2) is 13.4 Å². The third-order valence-corrected chi connectivity index (χ3v) is 4.41. The first kappa shape index (κ1) is 16.5. The fourth-order valence-corrected chi connectivity index (χ4v) is 3.12. The van der Waals surface area contributed by atoms with E-state index in [1.54, 1.807) is 12.3 Å². The highest BCUT2D eigenvalue weighted by Gasteiger charge is 2.33. The molecule has 0 unspecified atom stereocenters. The molecule has 2 heterocycles. The van der Waals surface area contributed by atoms with Gasteiger partial charge >= 0.3 is 0 Å². The molecule has 0 amide bonds. The highest BCUT2D eigenvalue weighted by atomic mass is 32.2. The van der Waals surface area contributed by atoms with Crippen LogP contribution >= 0.6 is 0 Å². The average molecular weight is 348 g/mol. The Kier molecular flexibility index (Phi) is 3.89. The number of aromatic nitrogens is 1. The summed E-state index contributed by atoms with van der Waals surface area (Å²) in [6.45, 7) is 4.42. The van der Waals surface area contributed by atoms with Crippen molar-refractivity contribution in [3.8, 4) is 5.75 Å². The van der Waals surface area contributed by atoms with Crippen molar-refractivity contribution in [2.24, 2.45) is 0 Å². The van der Waals surface area contributed by atoms with E-state index >= 15 is 0 Å². The van der Waals surface area contributed by atoms with Gasteiger partial charge in [0.15, 0.2) is 0 Å². The normalized spacial score (nSPS) is 16.2. The summed E-state index contributed by atoms with van der Waals surface area (Å²) >= 11 is 0. The summed E-state index contributed by atoms with van der Waals surface area (Å²) in [5, 5.41) is 12.0. The third kappa shape index (κ3) is 3.15. The van der Waals surface area contributed by atoms with E-state index in [-0.39, 0.29) is 10.2 Å². The van der Waals surface area contributed by atoms with Crippen LogP contribution in [0.4, 0.5) is 17.2 Å². The standard InChI is InChI=1S/C16H18N3O4S/c1-16(2)11-18(15-6-4-5-9-17-15)13-10-12(7-8-14(13)23-16)19(20)24(3,21)22/h4-10H,11H2,1-3H3/q-1. The van der Waals surface area contributed by atoms with Gasteiger partial charge in [-0.2, -0.15) is 0 Å². The molecule has 1 aliphatic rings. The summed E-state index contributed by atoms with van der Waals surface area (Å²) in [6, 6.07) is 10.1. The second-order valence-corrected chi connectivity index (χ2v) is 8.08. The molecule has 128 valence electrons. The predicted octanol–water partition coefficient (Wildman–Crippen LogP) is 2.65. The molecule has 1 aromatic carbocycles. The van der Waals surface area contributed by atoms with Gasteiger partial charge in [0.2, 0.25) is 10.0 Å². The first-order valence-corrected chi connectivity index (χ1v) is 9.21. The summed E-state index contributed by atoms with van der Waals surface area (Å²) in [5.41, 5.74) is 0.176. The maximum atomic E-state index is 12.0. The average Bonchev–Trinajstić information content (AvgIpc) is 2.52. The van der Waals surface area contributed by atoms with Gasteiger partial charge in [-0.05, 0) is 44.2 Å². The molecular formula is C16H18N3O4S-. The van der Waals surface area contributed by atoms with E-state index in [9.17, 15) is 13.6 Å². The molecule has 3 rings (SSSR count). The number of benzene rings is 1. The van der Waals surface area contributed by atoms with E-state index < -0.39 is 15.6 Å². The largest absolute Gasteiger partial charge is 0.745 e. The lowest BCUT2D eigenvalue weighted by atomic mass is 10.0. The van der Waals surface area contributed by atoms with Gasteiger partial charge in [0, 0.05) is 11.9 Å². The lowest BCUT2D eigenvalue weighted by Gasteiger charge is -2.41. The molecule has 1 aromatic heterocycles. The summed E-state index contributed by atoms with van der Waals surface area (Å²) in [4.78, 5) is 6.27. The molecule has 0 radical (unpaired) electrons. The van der Waals surface area contributed by atoms with E-state index in [0.717, 1.165) is 6.26 Å². The number of fused-ring (bicyclic) bond motifs is 1. The van der Waals surface area contributed by atoms with Gasteiger partial charge in [-0.15, -0.1) is 0 Å². The van der Waals surface area contributed by atoms with Crippen LogP contribution in [0.1, 0.15) is 13.8 Å². The highest BCUT2D eigenvalue weighted by Crippen LogP contribution is 2.42. The van der Waals surface area contributed by atoms with Crippen molar-refractivity contribution < 1.29 is 13.2 Å². The van der Waals surface area contributed by atoms with Crippen molar-refractivity contribution in [2.75, 3.05) is 22.2 Å². The Morgan fingerprint density at radius 2 is 2.04 bits per heavy atom. The fraction of sp³-hybridized carbons (Fsp3) is 0.312. The molecule has 7 nitrogen and oxygen atoms in total. The van der Waals surface area contributed by atoms with Crippen LogP contribution in [0, 0.1) is 5.21 Å². The van der Waals surface area contributed by atoms with Gasteiger partial charge in [-0.3, -0.25) is 0 Å². The van der Waals surface area contributed by atoms with E-state index in [1.807, 2.05) is 36.9 Å².